The van der Waals surface area contributed by atoms with Gasteiger partial charge in [0.15, 0.2) is 5.82 Å². The molecule has 242 valence electrons. The Bertz CT molecular complexity index is 1720. The molecule has 46 heavy (non-hydrogen) atoms. The number of carbonyl (C=O) groups is 3. The van der Waals surface area contributed by atoms with E-state index >= 15 is 0 Å². The molecular formula is C32H31F3N4O6S. The van der Waals surface area contributed by atoms with Crippen LogP contribution in [-0.4, -0.2) is 56.4 Å². The lowest BCUT2D eigenvalue weighted by Gasteiger charge is -2.20. The van der Waals surface area contributed by atoms with Crippen molar-refractivity contribution < 1.29 is 42.5 Å². The Balaban J connectivity index is 1.50. The van der Waals surface area contributed by atoms with Gasteiger partial charge in [0, 0.05) is 40.9 Å². The third kappa shape index (κ3) is 9.03. The molecule has 2 aromatic heterocycles. The van der Waals surface area contributed by atoms with Gasteiger partial charge in [-0.25, -0.2) is 9.97 Å². The van der Waals surface area contributed by atoms with Crippen LogP contribution in [-0.2, 0) is 21.4 Å². The van der Waals surface area contributed by atoms with E-state index in [2.05, 4.69) is 25.3 Å². The van der Waals surface area contributed by atoms with Crippen molar-refractivity contribution in [2.24, 2.45) is 0 Å². The topological polar surface area (TPSA) is 151 Å². The lowest BCUT2D eigenvalue weighted by atomic mass is 9.95. The monoisotopic (exact) mass is 656 g/mol. The molecular weight excluding hydrogens is 625 g/mol. The number of aromatic hydroxyl groups is 1. The largest absolute Gasteiger partial charge is 0.573 e. The minimum atomic E-state index is -4.93. The van der Waals surface area contributed by atoms with Crippen LogP contribution >= 0.6 is 11.3 Å². The number of halogens is 3. The van der Waals surface area contributed by atoms with E-state index in [1.54, 1.807) is 30.3 Å². The molecule has 4 N–H and O–H groups in total. The quantitative estimate of drug-likeness (QED) is 0.170. The van der Waals surface area contributed by atoms with Gasteiger partial charge in [-0.1, -0.05) is 45.0 Å². The Morgan fingerprint density at radius 3 is 2.13 bits per heavy atom. The molecule has 14 heteroatoms. The fourth-order valence-corrected chi connectivity index (χ4v) is 5.24. The summed E-state index contributed by atoms with van der Waals surface area (Å²) in [5, 5.41) is 24.2. The van der Waals surface area contributed by atoms with Crippen LogP contribution in [0, 0.1) is 0 Å². The summed E-state index contributed by atoms with van der Waals surface area (Å²) in [5.74, 6) is -3.06. The van der Waals surface area contributed by atoms with E-state index in [-0.39, 0.29) is 17.4 Å². The fraction of sp³-hybridized carbons (Fsp3) is 0.281. The minimum absolute atomic E-state index is 0.0569. The summed E-state index contributed by atoms with van der Waals surface area (Å²) in [6, 6.07) is 11.3. The smallest absolute Gasteiger partial charge is 0.508 e. The van der Waals surface area contributed by atoms with Gasteiger partial charge in [0.25, 0.3) is 5.91 Å². The van der Waals surface area contributed by atoms with Crippen molar-refractivity contribution in [1.82, 2.24) is 20.6 Å². The number of aromatic nitrogens is 2. The Morgan fingerprint density at radius 1 is 0.913 bits per heavy atom. The van der Waals surface area contributed by atoms with Crippen molar-refractivity contribution in [1.29, 1.82) is 0 Å². The van der Waals surface area contributed by atoms with Crippen LogP contribution in [0.3, 0.4) is 0 Å². The molecule has 4 rings (SSSR count). The maximum atomic E-state index is 13.1. The molecule has 0 saturated carbocycles. The molecule has 0 spiro atoms. The maximum Gasteiger partial charge on any atom is 0.573 e. The molecule has 0 saturated heterocycles. The Kier molecular flexibility index (Phi) is 10.00. The summed E-state index contributed by atoms with van der Waals surface area (Å²) in [5.41, 5.74) is 1.63. The Morgan fingerprint density at radius 2 is 1.57 bits per heavy atom. The van der Waals surface area contributed by atoms with Crippen LogP contribution < -0.4 is 15.4 Å². The highest BCUT2D eigenvalue weighted by Gasteiger charge is 2.31. The SMILES string of the molecule is CC(NC(=O)C(Cc1ccc(-c2ncc(-c3cc(O)cc(OC(F)(F)F)c3)cn2)cc1)NC(=O)c1ccc(C(C)(C)C)s1)C(=O)O. The number of benzene rings is 2. The zero-order chi connectivity index (χ0) is 33.8. The first-order valence-electron chi connectivity index (χ1n) is 13.9. The van der Waals surface area contributed by atoms with E-state index in [4.69, 9.17) is 0 Å². The van der Waals surface area contributed by atoms with E-state index in [0.29, 0.717) is 27.4 Å². The van der Waals surface area contributed by atoms with Crippen molar-refractivity contribution >= 4 is 29.1 Å². The highest BCUT2D eigenvalue weighted by molar-refractivity contribution is 7.14. The first-order valence-corrected chi connectivity index (χ1v) is 14.8. The molecule has 0 aliphatic carbocycles. The normalized spacial score (nSPS) is 13.0. The van der Waals surface area contributed by atoms with Crippen molar-refractivity contribution in [2.75, 3.05) is 0 Å². The average Bonchev–Trinajstić information content (AvgIpc) is 3.48. The fourth-order valence-electron chi connectivity index (χ4n) is 4.27. The number of ether oxygens (including phenoxy) is 1. The Hall–Kier alpha value is -4.98. The highest BCUT2D eigenvalue weighted by atomic mass is 32.1. The van der Waals surface area contributed by atoms with Crippen molar-refractivity contribution in [3.63, 3.8) is 0 Å². The van der Waals surface area contributed by atoms with Crippen LogP contribution in [0.4, 0.5) is 13.2 Å². The highest BCUT2D eigenvalue weighted by Crippen LogP contribution is 2.32. The first-order chi connectivity index (χ1) is 21.5. The average molecular weight is 657 g/mol. The number of amides is 2. The summed E-state index contributed by atoms with van der Waals surface area (Å²) in [7, 11) is 0. The Labute approximate surface area is 266 Å². The van der Waals surface area contributed by atoms with Crippen molar-refractivity contribution in [2.45, 2.75) is 58.0 Å². The predicted octanol–water partition coefficient (Wildman–Crippen LogP) is 5.70. The van der Waals surface area contributed by atoms with E-state index in [9.17, 15) is 37.8 Å². The van der Waals surface area contributed by atoms with Crippen LogP contribution in [0.1, 0.15) is 47.8 Å². The van der Waals surface area contributed by atoms with Crippen molar-refractivity contribution in [3.8, 4) is 34.0 Å². The summed E-state index contributed by atoms with van der Waals surface area (Å²) < 4.78 is 41.8. The minimum Gasteiger partial charge on any atom is -0.508 e. The number of carbonyl (C=O) groups excluding carboxylic acids is 2. The van der Waals surface area contributed by atoms with Gasteiger partial charge in [0.2, 0.25) is 5.91 Å². The number of rotatable bonds is 10. The van der Waals surface area contributed by atoms with Gasteiger partial charge in [-0.15, -0.1) is 24.5 Å². The number of nitrogens with one attached hydrogen (secondary N) is 2. The first kappa shape index (κ1) is 33.9. The van der Waals surface area contributed by atoms with E-state index in [0.717, 1.165) is 17.0 Å². The van der Waals surface area contributed by atoms with Gasteiger partial charge in [-0.2, -0.15) is 0 Å². The predicted molar refractivity (Wildman–Crippen MR) is 164 cm³/mol. The molecule has 0 aliphatic heterocycles. The lowest BCUT2D eigenvalue weighted by Crippen LogP contribution is -2.51. The number of alkyl halides is 3. The number of phenolic OH excluding ortho intramolecular Hbond substituents is 1. The van der Waals surface area contributed by atoms with Gasteiger partial charge in [0.1, 0.15) is 23.6 Å². The van der Waals surface area contributed by atoms with Crippen LogP contribution in [0.25, 0.3) is 22.5 Å². The van der Waals surface area contributed by atoms with Gasteiger partial charge >= 0.3 is 12.3 Å². The molecule has 2 heterocycles. The molecule has 0 radical (unpaired) electrons. The second-order valence-electron chi connectivity index (χ2n) is 11.5. The van der Waals surface area contributed by atoms with Gasteiger partial charge in [-0.3, -0.25) is 14.4 Å². The van der Waals surface area contributed by atoms with Crippen LogP contribution in [0.5, 0.6) is 11.5 Å². The zero-order valence-corrected chi connectivity index (χ0v) is 26.0. The summed E-state index contributed by atoms with van der Waals surface area (Å²) in [6.45, 7) is 7.39. The summed E-state index contributed by atoms with van der Waals surface area (Å²) in [4.78, 5) is 47.5. The zero-order valence-electron chi connectivity index (χ0n) is 25.2. The standard InChI is InChI=1S/C32H31F3N4O6S/c1-17(30(43)44)38-28(41)24(39-29(42)25-9-10-26(46-25)31(2,3)4)11-18-5-7-19(8-6-18)27-36-15-21(16-37-27)20-12-22(40)14-23(13-20)45-32(33,34)35/h5-10,12-17,24,40H,11H2,1-4H3,(H,38,41)(H,39,42)(H,43,44). The lowest BCUT2D eigenvalue weighted by molar-refractivity contribution is -0.274. The van der Waals surface area contributed by atoms with E-state index in [1.165, 1.54) is 36.7 Å². The number of phenols is 1. The maximum absolute atomic E-state index is 13.1. The number of aliphatic carboxylic acids is 1. The second kappa shape index (κ2) is 13.6. The number of hydrogen-bond donors (Lipinski definition) is 4. The molecule has 2 amide bonds. The molecule has 2 atom stereocenters. The number of thiophene rings is 1. The molecule has 0 bridgehead atoms. The number of hydrogen-bond acceptors (Lipinski definition) is 8. The molecule has 4 aromatic rings. The van der Waals surface area contributed by atoms with Gasteiger partial charge in [-0.05, 0) is 47.7 Å². The third-order valence-electron chi connectivity index (χ3n) is 6.68. The van der Waals surface area contributed by atoms with Crippen molar-refractivity contribution in [3.05, 3.63) is 82.3 Å². The number of carboxylic acids is 1. The van der Waals surface area contributed by atoms with Crippen LogP contribution in [0.2, 0.25) is 0 Å². The summed E-state index contributed by atoms with van der Waals surface area (Å²) >= 11 is 1.31. The second-order valence-corrected chi connectivity index (χ2v) is 12.6. The van der Waals surface area contributed by atoms with Gasteiger partial charge in [0.05, 0.1) is 4.88 Å². The molecule has 0 fully saturated rings. The molecule has 10 nitrogen and oxygen atoms in total. The third-order valence-corrected chi connectivity index (χ3v) is 8.19. The number of carboxylic acid groups (broad SMARTS) is 1. The molecule has 2 unspecified atom stereocenters. The van der Waals surface area contributed by atoms with E-state index in [1.807, 2.05) is 26.8 Å². The summed E-state index contributed by atoms with van der Waals surface area (Å²) in [6.07, 6.45) is -2.10. The molecule has 0 aliphatic rings. The molecule has 2 aromatic carbocycles. The van der Waals surface area contributed by atoms with Crippen LogP contribution in [0.15, 0.2) is 67.0 Å². The van der Waals surface area contributed by atoms with Gasteiger partial charge < -0.3 is 25.6 Å². The number of nitrogens with zero attached hydrogens (tertiary/aromatic N) is 2. The van der Waals surface area contributed by atoms with E-state index < -0.39 is 47.7 Å².